The van der Waals surface area contributed by atoms with Crippen LogP contribution in [0.3, 0.4) is 0 Å². The molecule has 2 N–H and O–H groups in total. The molecule has 5 heteroatoms. The monoisotopic (exact) mass is 362 g/mol. The average Bonchev–Trinajstić information content (AvgIpc) is 2.68. The van der Waals surface area contributed by atoms with Crippen LogP contribution in [0.15, 0.2) is 54.6 Å². The number of aromatic nitrogens is 2. The van der Waals surface area contributed by atoms with Crippen LogP contribution in [0.4, 0.5) is 11.8 Å². The number of rotatable bonds is 8. The summed E-state index contributed by atoms with van der Waals surface area (Å²) in [6, 6.07) is 18.6. The van der Waals surface area contributed by atoms with E-state index in [-0.39, 0.29) is 0 Å². The predicted molar refractivity (Wildman–Crippen MR) is 110 cm³/mol. The summed E-state index contributed by atoms with van der Waals surface area (Å²) in [6.07, 6.45) is 0.916. The van der Waals surface area contributed by atoms with E-state index in [4.69, 9.17) is 4.74 Å². The minimum Gasteiger partial charge on any atom is -0.497 e. The average molecular weight is 362 g/mol. The van der Waals surface area contributed by atoms with Crippen molar-refractivity contribution in [2.24, 2.45) is 0 Å². The highest BCUT2D eigenvalue weighted by atomic mass is 16.5. The third kappa shape index (κ3) is 5.71. The van der Waals surface area contributed by atoms with Gasteiger partial charge in [-0.3, -0.25) is 0 Å². The molecule has 0 aliphatic heterocycles. The van der Waals surface area contributed by atoms with Crippen molar-refractivity contribution in [2.45, 2.75) is 26.8 Å². The van der Waals surface area contributed by atoms with E-state index in [0.717, 1.165) is 30.2 Å². The summed E-state index contributed by atoms with van der Waals surface area (Å²) in [5.74, 6) is 2.35. The Hall–Kier alpha value is -3.08. The highest BCUT2D eigenvalue weighted by Crippen LogP contribution is 2.14. The molecule has 0 saturated heterocycles. The standard InChI is InChI=1S/C22H26N4O/c1-16-4-6-19(7-5-16)15-24-22-25-17(2)14-21(26-22)23-13-12-18-8-10-20(27-3)11-9-18/h4-11,14H,12-13,15H2,1-3H3,(H2,23,24,25,26). The molecular weight excluding hydrogens is 336 g/mol. The van der Waals surface area contributed by atoms with Gasteiger partial charge < -0.3 is 15.4 Å². The van der Waals surface area contributed by atoms with Crippen LogP contribution in [0.1, 0.15) is 22.4 Å². The van der Waals surface area contributed by atoms with E-state index < -0.39 is 0 Å². The molecule has 0 bridgehead atoms. The van der Waals surface area contributed by atoms with Crippen LogP contribution >= 0.6 is 0 Å². The van der Waals surface area contributed by atoms with Crippen LogP contribution in [0, 0.1) is 13.8 Å². The van der Waals surface area contributed by atoms with Crippen LogP contribution in [0.5, 0.6) is 5.75 Å². The van der Waals surface area contributed by atoms with Gasteiger partial charge in [0, 0.05) is 24.8 Å². The molecule has 0 fully saturated rings. The quantitative estimate of drug-likeness (QED) is 0.623. The topological polar surface area (TPSA) is 59.1 Å². The highest BCUT2D eigenvalue weighted by molar-refractivity contribution is 5.43. The second-order valence-corrected chi connectivity index (χ2v) is 6.58. The molecule has 27 heavy (non-hydrogen) atoms. The number of methoxy groups -OCH3 is 1. The van der Waals surface area contributed by atoms with Gasteiger partial charge in [-0.05, 0) is 43.5 Å². The van der Waals surface area contributed by atoms with Crippen molar-refractivity contribution in [3.63, 3.8) is 0 Å². The molecule has 0 saturated carbocycles. The second-order valence-electron chi connectivity index (χ2n) is 6.58. The Morgan fingerprint density at radius 1 is 0.852 bits per heavy atom. The first-order chi connectivity index (χ1) is 13.1. The molecule has 0 aliphatic carbocycles. The lowest BCUT2D eigenvalue weighted by Crippen LogP contribution is -2.10. The van der Waals surface area contributed by atoms with E-state index in [1.165, 1.54) is 16.7 Å². The molecule has 0 amide bonds. The number of aryl methyl sites for hydroxylation is 2. The van der Waals surface area contributed by atoms with E-state index in [1.54, 1.807) is 7.11 Å². The second kappa shape index (κ2) is 9.03. The van der Waals surface area contributed by atoms with E-state index in [1.807, 2.05) is 25.1 Å². The summed E-state index contributed by atoms with van der Waals surface area (Å²) in [7, 11) is 1.68. The van der Waals surface area contributed by atoms with Crippen molar-refractivity contribution in [3.8, 4) is 5.75 Å². The van der Waals surface area contributed by atoms with Crippen molar-refractivity contribution >= 4 is 11.8 Å². The van der Waals surface area contributed by atoms with E-state index in [2.05, 4.69) is 63.9 Å². The number of nitrogens with zero attached hydrogens (tertiary/aromatic N) is 2. The molecular formula is C22H26N4O. The van der Waals surface area contributed by atoms with Crippen molar-refractivity contribution in [1.29, 1.82) is 0 Å². The molecule has 1 heterocycles. The maximum Gasteiger partial charge on any atom is 0.225 e. The molecule has 3 aromatic rings. The van der Waals surface area contributed by atoms with Gasteiger partial charge in [0.1, 0.15) is 11.6 Å². The Morgan fingerprint density at radius 3 is 2.26 bits per heavy atom. The van der Waals surface area contributed by atoms with Gasteiger partial charge in [0.05, 0.1) is 7.11 Å². The van der Waals surface area contributed by atoms with E-state index in [9.17, 15) is 0 Å². The SMILES string of the molecule is COc1ccc(CCNc2cc(C)nc(NCc3ccc(C)cc3)n2)cc1. The Morgan fingerprint density at radius 2 is 1.56 bits per heavy atom. The molecule has 1 aromatic heterocycles. The molecule has 3 rings (SSSR count). The van der Waals surface area contributed by atoms with Crippen LogP contribution in [0.2, 0.25) is 0 Å². The molecule has 0 aliphatic rings. The summed E-state index contributed by atoms with van der Waals surface area (Å²) in [4.78, 5) is 9.05. The van der Waals surface area contributed by atoms with E-state index >= 15 is 0 Å². The van der Waals surface area contributed by atoms with Gasteiger partial charge in [0.15, 0.2) is 0 Å². The molecule has 0 spiro atoms. The zero-order valence-corrected chi connectivity index (χ0v) is 16.1. The minimum absolute atomic E-state index is 0.641. The van der Waals surface area contributed by atoms with Gasteiger partial charge in [-0.15, -0.1) is 0 Å². The number of hydrogen-bond acceptors (Lipinski definition) is 5. The van der Waals surface area contributed by atoms with Crippen LogP contribution < -0.4 is 15.4 Å². The fourth-order valence-electron chi connectivity index (χ4n) is 2.75. The lowest BCUT2D eigenvalue weighted by atomic mass is 10.1. The number of hydrogen-bond donors (Lipinski definition) is 2. The molecule has 0 radical (unpaired) electrons. The Balaban J connectivity index is 1.55. The Kier molecular flexibility index (Phi) is 6.26. The van der Waals surface area contributed by atoms with Gasteiger partial charge in [-0.2, -0.15) is 4.98 Å². The van der Waals surface area contributed by atoms with Gasteiger partial charge in [-0.25, -0.2) is 4.98 Å². The normalized spacial score (nSPS) is 10.5. The third-order valence-electron chi connectivity index (χ3n) is 4.30. The molecule has 5 nitrogen and oxygen atoms in total. The maximum absolute atomic E-state index is 5.19. The summed E-state index contributed by atoms with van der Waals surface area (Å²) >= 11 is 0. The van der Waals surface area contributed by atoms with Crippen molar-refractivity contribution in [1.82, 2.24) is 9.97 Å². The number of ether oxygens (including phenoxy) is 1. The first-order valence-corrected chi connectivity index (χ1v) is 9.14. The fourth-order valence-corrected chi connectivity index (χ4v) is 2.75. The van der Waals surface area contributed by atoms with Crippen LogP contribution in [-0.4, -0.2) is 23.6 Å². The summed E-state index contributed by atoms with van der Waals surface area (Å²) in [6.45, 7) is 5.58. The third-order valence-corrected chi connectivity index (χ3v) is 4.30. The molecule has 2 aromatic carbocycles. The number of benzene rings is 2. The van der Waals surface area contributed by atoms with Gasteiger partial charge in [0.25, 0.3) is 0 Å². The summed E-state index contributed by atoms with van der Waals surface area (Å²) in [5.41, 5.74) is 4.66. The molecule has 0 atom stereocenters. The summed E-state index contributed by atoms with van der Waals surface area (Å²) < 4.78 is 5.19. The van der Waals surface area contributed by atoms with E-state index in [0.29, 0.717) is 12.5 Å². The van der Waals surface area contributed by atoms with Gasteiger partial charge in [0.2, 0.25) is 5.95 Å². The lowest BCUT2D eigenvalue weighted by Gasteiger charge is -2.10. The van der Waals surface area contributed by atoms with Crippen molar-refractivity contribution in [3.05, 3.63) is 77.0 Å². The maximum atomic E-state index is 5.19. The highest BCUT2D eigenvalue weighted by Gasteiger charge is 2.03. The first-order valence-electron chi connectivity index (χ1n) is 9.14. The van der Waals surface area contributed by atoms with Crippen LogP contribution in [0.25, 0.3) is 0 Å². The Labute approximate surface area is 160 Å². The summed E-state index contributed by atoms with van der Waals surface area (Å²) in [5, 5.41) is 6.69. The van der Waals surface area contributed by atoms with Crippen LogP contribution in [-0.2, 0) is 13.0 Å². The zero-order valence-electron chi connectivity index (χ0n) is 16.1. The minimum atomic E-state index is 0.641. The molecule has 0 unspecified atom stereocenters. The number of nitrogens with one attached hydrogen (secondary N) is 2. The predicted octanol–water partition coefficient (Wildman–Crippen LogP) is 4.37. The lowest BCUT2D eigenvalue weighted by molar-refractivity contribution is 0.414. The largest absolute Gasteiger partial charge is 0.497 e. The van der Waals surface area contributed by atoms with Gasteiger partial charge >= 0.3 is 0 Å². The Bertz CT molecular complexity index is 860. The fraction of sp³-hybridized carbons (Fsp3) is 0.273. The zero-order chi connectivity index (χ0) is 19.1. The molecule has 140 valence electrons. The van der Waals surface area contributed by atoms with Gasteiger partial charge in [-0.1, -0.05) is 42.0 Å². The van der Waals surface area contributed by atoms with Crippen molar-refractivity contribution in [2.75, 3.05) is 24.3 Å². The smallest absolute Gasteiger partial charge is 0.225 e. The van der Waals surface area contributed by atoms with Crippen molar-refractivity contribution < 1.29 is 4.74 Å². The number of anilines is 2. The first kappa shape index (κ1) is 18.7.